The minimum absolute atomic E-state index is 0.167. The van der Waals surface area contributed by atoms with E-state index in [0.717, 1.165) is 29.7 Å². The van der Waals surface area contributed by atoms with Gasteiger partial charge in [0.15, 0.2) is 0 Å². The van der Waals surface area contributed by atoms with Crippen molar-refractivity contribution in [1.29, 1.82) is 5.26 Å². The fourth-order valence-corrected chi connectivity index (χ4v) is 5.23. The molecule has 0 saturated heterocycles. The lowest BCUT2D eigenvalue weighted by Gasteiger charge is -2.24. The van der Waals surface area contributed by atoms with Crippen LogP contribution < -0.4 is 4.18 Å². The van der Waals surface area contributed by atoms with E-state index in [9.17, 15) is 8.42 Å². The molecule has 1 aliphatic heterocycles. The molecule has 6 nitrogen and oxygen atoms in total. The van der Waals surface area contributed by atoms with Crippen LogP contribution in [0.4, 0.5) is 0 Å². The Kier molecular flexibility index (Phi) is 4.16. The average molecular weight is 426 g/mol. The summed E-state index contributed by atoms with van der Waals surface area (Å²) < 4.78 is 32.3. The normalized spacial score (nSPS) is 19.8. The molecular weight excluding hydrogens is 410 g/mol. The number of nitriles is 1. The molecule has 0 radical (unpaired) electrons. The van der Waals surface area contributed by atoms with Gasteiger partial charge in [0, 0.05) is 17.4 Å². The first-order valence-electron chi connectivity index (χ1n) is 9.27. The van der Waals surface area contributed by atoms with Crippen LogP contribution in [0.25, 0.3) is 5.69 Å². The SMILES string of the molecule is N#Cc1ccc(C2CS(=O)(=O)Oc3c2c(C2CC2)nn3-c2ccccc2Cl)cc1. The van der Waals surface area contributed by atoms with Gasteiger partial charge in [-0.1, -0.05) is 35.9 Å². The summed E-state index contributed by atoms with van der Waals surface area (Å²) in [5.74, 6) is -0.0819. The number of hydrogen-bond donors (Lipinski definition) is 0. The molecule has 1 aliphatic carbocycles. The second-order valence-corrected chi connectivity index (χ2v) is 9.36. The maximum Gasteiger partial charge on any atom is 0.311 e. The van der Waals surface area contributed by atoms with E-state index in [4.69, 9.17) is 26.1 Å². The Morgan fingerprint density at radius 2 is 1.86 bits per heavy atom. The minimum Gasteiger partial charge on any atom is -0.361 e. The summed E-state index contributed by atoms with van der Waals surface area (Å²) in [4.78, 5) is 0. The van der Waals surface area contributed by atoms with Gasteiger partial charge in [-0.05, 0) is 42.7 Å². The molecule has 2 aliphatic rings. The van der Waals surface area contributed by atoms with Crippen molar-refractivity contribution in [2.75, 3.05) is 5.75 Å². The summed E-state index contributed by atoms with van der Waals surface area (Å²) >= 11 is 6.37. The first-order chi connectivity index (χ1) is 14.0. The van der Waals surface area contributed by atoms with Gasteiger partial charge in [-0.2, -0.15) is 23.5 Å². The standard InChI is InChI=1S/C21H16ClN3O3S/c22-17-3-1-2-4-18(17)25-21-19(20(24-25)15-9-10-15)16(12-29(26,27)28-21)14-7-5-13(11-23)6-8-14/h1-8,15-16H,9-10,12H2. The molecule has 8 heteroatoms. The van der Waals surface area contributed by atoms with Crippen LogP contribution in [0.3, 0.4) is 0 Å². The van der Waals surface area contributed by atoms with E-state index in [2.05, 4.69) is 6.07 Å². The number of aromatic nitrogens is 2. The zero-order valence-corrected chi connectivity index (χ0v) is 16.8. The lowest BCUT2D eigenvalue weighted by Crippen LogP contribution is -2.27. The Labute approximate surface area is 173 Å². The van der Waals surface area contributed by atoms with Gasteiger partial charge >= 0.3 is 10.1 Å². The summed E-state index contributed by atoms with van der Waals surface area (Å²) in [6, 6.07) is 16.2. The Bertz CT molecular complexity index is 1260. The van der Waals surface area contributed by atoms with Crippen molar-refractivity contribution < 1.29 is 12.6 Å². The van der Waals surface area contributed by atoms with Gasteiger partial charge in [0.25, 0.3) is 0 Å². The van der Waals surface area contributed by atoms with E-state index in [1.165, 1.54) is 4.68 Å². The van der Waals surface area contributed by atoms with Crippen molar-refractivity contribution in [2.45, 2.75) is 24.7 Å². The van der Waals surface area contributed by atoms with Crippen molar-refractivity contribution in [2.24, 2.45) is 0 Å². The molecule has 0 spiro atoms. The summed E-state index contributed by atoms with van der Waals surface area (Å²) in [5.41, 5.74) is 3.58. The van der Waals surface area contributed by atoms with Crippen LogP contribution in [0.2, 0.25) is 5.02 Å². The molecule has 0 bridgehead atoms. The summed E-state index contributed by atoms with van der Waals surface area (Å²) in [6.45, 7) is 0. The van der Waals surface area contributed by atoms with Gasteiger partial charge in [0.1, 0.15) is 0 Å². The lowest BCUT2D eigenvalue weighted by molar-refractivity contribution is 0.446. The van der Waals surface area contributed by atoms with Gasteiger partial charge in [-0.3, -0.25) is 0 Å². The van der Waals surface area contributed by atoms with E-state index in [-0.39, 0.29) is 17.6 Å². The van der Waals surface area contributed by atoms with Crippen molar-refractivity contribution in [1.82, 2.24) is 9.78 Å². The monoisotopic (exact) mass is 425 g/mol. The van der Waals surface area contributed by atoms with Crippen LogP contribution in [0.5, 0.6) is 5.88 Å². The summed E-state index contributed by atoms with van der Waals surface area (Å²) in [7, 11) is -3.81. The smallest absolute Gasteiger partial charge is 0.311 e. The number of rotatable bonds is 3. The van der Waals surface area contributed by atoms with Crippen LogP contribution in [0, 0.1) is 11.3 Å². The van der Waals surface area contributed by atoms with Gasteiger partial charge in [-0.25, -0.2) is 0 Å². The van der Waals surface area contributed by atoms with E-state index in [1.54, 1.807) is 42.5 Å². The topological polar surface area (TPSA) is 85.0 Å². The molecule has 0 amide bonds. The molecule has 146 valence electrons. The molecule has 1 fully saturated rings. The molecule has 1 saturated carbocycles. The van der Waals surface area contributed by atoms with Crippen molar-refractivity contribution in [3.63, 3.8) is 0 Å². The first kappa shape index (κ1) is 18.2. The van der Waals surface area contributed by atoms with Gasteiger partial charge in [0.2, 0.25) is 5.88 Å². The fourth-order valence-electron chi connectivity index (χ4n) is 3.78. The van der Waals surface area contributed by atoms with Gasteiger partial charge < -0.3 is 4.18 Å². The highest BCUT2D eigenvalue weighted by atomic mass is 35.5. The Hall–Kier alpha value is -2.82. The molecule has 1 unspecified atom stereocenters. The number of nitrogens with zero attached hydrogens (tertiary/aromatic N) is 3. The highest BCUT2D eigenvalue weighted by Gasteiger charge is 2.42. The zero-order chi connectivity index (χ0) is 20.2. The molecule has 29 heavy (non-hydrogen) atoms. The molecule has 2 aromatic carbocycles. The Morgan fingerprint density at radius 3 is 2.52 bits per heavy atom. The van der Waals surface area contributed by atoms with Crippen LogP contribution in [-0.4, -0.2) is 24.0 Å². The zero-order valence-electron chi connectivity index (χ0n) is 15.2. The number of fused-ring (bicyclic) bond motifs is 1. The molecule has 1 aromatic heterocycles. The second kappa shape index (κ2) is 6.61. The number of para-hydroxylation sites is 1. The summed E-state index contributed by atoms with van der Waals surface area (Å²) in [5, 5.41) is 14.3. The quantitative estimate of drug-likeness (QED) is 0.589. The van der Waals surface area contributed by atoms with Crippen LogP contribution in [-0.2, 0) is 10.1 Å². The van der Waals surface area contributed by atoms with Crippen molar-refractivity contribution in [3.05, 3.63) is 75.9 Å². The van der Waals surface area contributed by atoms with Crippen molar-refractivity contribution >= 4 is 21.7 Å². The number of hydrogen-bond acceptors (Lipinski definition) is 5. The summed E-state index contributed by atoms with van der Waals surface area (Å²) in [6.07, 6.45) is 2.03. The maximum atomic E-state index is 12.6. The molecule has 3 aromatic rings. The van der Waals surface area contributed by atoms with E-state index in [0.29, 0.717) is 16.3 Å². The third-order valence-electron chi connectivity index (χ3n) is 5.32. The fraction of sp³-hybridized carbons (Fsp3) is 0.238. The molecular formula is C21H16ClN3O3S. The largest absolute Gasteiger partial charge is 0.361 e. The number of halogens is 1. The predicted octanol–water partition coefficient (Wildman–Crippen LogP) is 4.13. The molecule has 1 atom stereocenters. The predicted molar refractivity (Wildman–Crippen MR) is 108 cm³/mol. The van der Waals surface area contributed by atoms with Crippen LogP contribution >= 0.6 is 11.6 Å². The minimum atomic E-state index is -3.81. The number of benzene rings is 2. The lowest BCUT2D eigenvalue weighted by atomic mass is 9.91. The highest BCUT2D eigenvalue weighted by molar-refractivity contribution is 7.87. The maximum absolute atomic E-state index is 12.6. The third kappa shape index (κ3) is 3.18. The van der Waals surface area contributed by atoms with Crippen molar-refractivity contribution in [3.8, 4) is 17.6 Å². The Balaban J connectivity index is 1.74. The molecule has 2 heterocycles. The van der Waals surface area contributed by atoms with Gasteiger partial charge in [-0.15, -0.1) is 0 Å². The van der Waals surface area contributed by atoms with Crippen LogP contribution in [0.15, 0.2) is 48.5 Å². The highest BCUT2D eigenvalue weighted by Crippen LogP contribution is 2.50. The van der Waals surface area contributed by atoms with E-state index >= 15 is 0 Å². The molecule has 0 N–H and O–H groups in total. The van der Waals surface area contributed by atoms with E-state index < -0.39 is 16.0 Å². The van der Waals surface area contributed by atoms with Crippen LogP contribution in [0.1, 0.15) is 47.1 Å². The third-order valence-corrected chi connectivity index (χ3v) is 6.79. The molecule has 5 rings (SSSR count). The average Bonchev–Trinajstić information content (AvgIpc) is 3.49. The second-order valence-electron chi connectivity index (χ2n) is 7.34. The Morgan fingerprint density at radius 1 is 1.14 bits per heavy atom. The van der Waals surface area contributed by atoms with E-state index in [1.807, 2.05) is 6.07 Å². The van der Waals surface area contributed by atoms with Gasteiger partial charge in [0.05, 0.1) is 33.8 Å². The first-order valence-corrected chi connectivity index (χ1v) is 11.2.